The summed E-state index contributed by atoms with van der Waals surface area (Å²) in [6, 6.07) is -1.06. The fraction of sp³-hybridized carbons (Fsp3) is 0.600. The molecule has 1 amide bonds. The van der Waals surface area contributed by atoms with E-state index in [2.05, 4.69) is 17.9 Å². The summed E-state index contributed by atoms with van der Waals surface area (Å²) in [5.41, 5.74) is 4.92. The molecule has 0 fully saturated rings. The molecule has 0 saturated carbocycles. The van der Waals surface area contributed by atoms with Gasteiger partial charge in [-0.2, -0.15) is 12.6 Å². The van der Waals surface area contributed by atoms with Gasteiger partial charge in [-0.05, 0) is 0 Å². The second-order valence-electron chi connectivity index (χ2n) is 1.83. The number of carboxylic acids is 1. The van der Waals surface area contributed by atoms with Crippen LogP contribution in [0.5, 0.6) is 0 Å². The zero-order valence-electron chi connectivity index (χ0n) is 6.74. The van der Waals surface area contributed by atoms with Gasteiger partial charge in [0.05, 0.1) is 18.6 Å². The van der Waals surface area contributed by atoms with E-state index in [0.717, 1.165) is 0 Å². The van der Waals surface area contributed by atoms with E-state index in [9.17, 15) is 14.7 Å². The largest absolute Gasteiger partial charge is 1.00 e. The van der Waals surface area contributed by atoms with Gasteiger partial charge in [-0.15, -0.1) is 0 Å². The molecule has 0 aliphatic carbocycles. The zero-order chi connectivity index (χ0) is 8.85. The minimum atomic E-state index is -1.36. The van der Waals surface area contributed by atoms with Gasteiger partial charge < -0.3 is 21.0 Å². The molecule has 0 spiro atoms. The first-order valence-electron chi connectivity index (χ1n) is 2.93. The third kappa shape index (κ3) is 5.84. The van der Waals surface area contributed by atoms with Crippen molar-refractivity contribution in [2.75, 3.05) is 12.3 Å². The predicted octanol–water partition coefficient (Wildman–Crippen LogP) is -5.89. The van der Waals surface area contributed by atoms with Crippen LogP contribution in [0.3, 0.4) is 0 Å². The van der Waals surface area contributed by atoms with Gasteiger partial charge in [-0.25, -0.2) is 0 Å². The Labute approximate surface area is 97.8 Å². The summed E-state index contributed by atoms with van der Waals surface area (Å²) in [6.07, 6.45) is 0. The van der Waals surface area contributed by atoms with Crippen LogP contribution in [0.1, 0.15) is 0 Å². The van der Waals surface area contributed by atoms with Gasteiger partial charge in [0.2, 0.25) is 5.91 Å². The third-order valence-electron chi connectivity index (χ3n) is 0.988. The Bertz CT molecular complexity index is 167. The molecule has 0 rings (SSSR count). The molecule has 0 aliphatic heterocycles. The molecule has 0 radical (unpaired) electrons. The average Bonchev–Trinajstić information content (AvgIpc) is 1.99. The maximum Gasteiger partial charge on any atom is 1.00 e. The summed E-state index contributed by atoms with van der Waals surface area (Å²) in [4.78, 5) is 20.7. The molecule has 1 atom stereocenters. The van der Waals surface area contributed by atoms with E-state index in [1.54, 1.807) is 0 Å². The van der Waals surface area contributed by atoms with Gasteiger partial charge in [0.1, 0.15) is 0 Å². The van der Waals surface area contributed by atoms with E-state index in [4.69, 9.17) is 5.73 Å². The first-order chi connectivity index (χ1) is 5.11. The number of thiol groups is 1. The van der Waals surface area contributed by atoms with E-state index < -0.39 is 17.9 Å². The van der Waals surface area contributed by atoms with Crippen LogP contribution >= 0.6 is 12.6 Å². The van der Waals surface area contributed by atoms with Gasteiger partial charge in [0, 0.05) is 5.75 Å². The van der Waals surface area contributed by atoms with Crippen LogP contribution in [0, 0.1) is 0 Å². The minimum absolute atomic E-state index is 0. The number of hydrogen-bond acceptors (Lipinski definition) is 5. The van der Waals surface area contributed by atoms with Crippen LogP contribution < -0.4 is 45.7 Å². The fourth-order valence-electron chi connectivity index (χ4n) is 0.432. The predicted molar refractivity (Wildman–Crippen MR) is 39.8 cm³/mol. The summed E-state index contributed by atoms with van der Waals surface area (Å²) in [6.45, 7) is -0.239. The van der Waals surface area contributed by atoms with E-state index >= 15 is 0 Å². The maximum atomic E-state index is 10.5. The number of nitrogens with one attached hydrogen (secondary N) is 1. The third-order valence-corrected chi connectivity index (χ3v) is 1.35. The summed E-state index contributed by atoms with van der Waals surface area (Å²) in [5, 5.41) is 12.3. The topological polar surface area (TPSA) is 95.2 Å². The Kier molecular flexibility index (Phi) is 9.69. The smallest absolute Gasteiger partial charge is 0.548 e. The summed E-state index contributed by atoms with van der Waals surface area (Å²) in [7, 11) is 0. The second-order valence-corrected chi connectivity index (χ2v) is 2.19. The molecule has 64 valence electrons. The number of nitrogens with two attached hydrogens (primary N) is 1. The van der Waals surface area contributed by atoms with Crippen molar-refractivity contribution in [1.29, 1.82) is 0 Å². The normalized spacial score (nSPS) is 11.2. The van der Waals surface area contributed by atoms with E-state index in [0.29, 0.717) is 0 Å². The van der Waals surface area contributed by atoms with Crippen LogP contribution in [0.4, 0.5) is 0 Å². The van der Waals surface area contributed by atoms with Crippen LogP contribution in [0.15, 0.2) is 0 Å². The molecule has 0 aromatic carbocycles. The van der Waals surface area contributed by atoms with Crippen molar-refractivity contribution in [3.63, 3.8) is 0 Å². The standard InChI is InChI=1S/C5H10N2O3S.Na/c6-1-4(8)7-3(2-11)5(9)10;/h3,11H,1-2,6H2,(H,7,8)(H,9,10);/q;+1/p-1/t3-;/m0./s1. The fourth-order valence-corrected chi connectivity index (χ4v) is 0.673. The SMILES string of the molecule is NCC(=O)N[C@@H](CS)C(=O)[O-].[Na+]. The second kappa shape index (κ2) is 7.88. The van der Waals surface area contributed by atoms with Gasteiger partial charge >= 0.3 is 29.6 Å². The van der Waals surface area contributed by atoms with Crippen molar-refractivity contribution in [3.8, 4) is 0 Å². The minimum Gasteiger partial charge on any atom is -0.548 e. The molecule has 12 heavy (non-hydrogen) atoms. The zero-order valence-corrected chi connectivity index (χ0v) is 9.64. The molecule has 3 N–H and O–H groups in total. The van der Waals surface area contributed by atoms with Crippen molar-refractivity contribution >= 4 is 24.5 Å². The number of hydrogen-bond donors (Lipinski definition) is 3. The van der Waals surface area contributed by atoms with Crippen molar-refractivity contribution in [1.82, 2.24) is 5.32 Å². The average molecular weight is 200 g/mol. The Morgan fingerprint density at radius 3 is 2.33 bits per heavy atom. The van der Waals surface area contributed by atoms with Crippen molar-refractivity contribution in [2.24, 2.45) is 5.73 Å². The van der Waals surface area contributed by atoms with Crippen LogP contribution in [-0.2, 0) is 9.59 Å². The molecule has 0 bridgehead atoms. The molecule has 5 nitrogen and oxygen atoms in total. The summed E-state index contributed by atoms with van der Waals surface area (Å²) < 4.78 is 0. The molecular weight excluding hydrogens is 191 g/mol. The quantitative estimate of drug-likeness (QED) is 0.311. The number of aliphatic carboxylic acids is 1. The van der Waals surface area contributed by atoms with Gasteiger partial charge in [0.15, 0.2) is 0 Å². The van der Waals surface area contributed by atoms with Crippen LogP contribution in [0.25, 0.3) is 0 Å². The number of rotatable bonds is 4. The number of carbonyl (C=O) groups is 2. The molecule has 0 aromatic rings. The number of carboxylic acid groups (broad SMARTS) is 1. The number of amides is 1. The van der Waals surface area contributed by atoms with Crippen LogP contribution in [0.2, 0.25) is 0 Å². The van der Waals surface area contributed by atoms with Crippen molar-refractivity contribution in [2.45, 2.75) is 6.04 Å². The number of carbonyl (C=O) groups excluding carboxylic acids is 2. The Morgan fingerprint density at radius 2 is 2.08 bits per heavy atom. The van der Waals surface area contributed by atoms with Crippen molar-refractivity contribution < 1.29 is 44.3 Å². The Balaban J connectivity index is 0. The maximum absolute atomic E-state index is 10.5. The summed E-state index contributed by atoms with van der Waals surface area (Å²) in [5.74, 6) is -1.90. The van der Waals surface area contributed by atoms with Gasteiger partial charge in [0.25, 0.3) is 0 Å². The Morgan fingerprint density at radius 1 is 1.58 bits per heavy atom. The first-order valence-corrected chi connectivity index (χ1v) is 3.56. The Hall–Kier alpha value is 0.250. The summed E-state index contributed by atoms with van der Waals surface area (Å²) >= 11 is 3.69. The van der Waals surface area contributed by atoms with Gasteiger partial charge in [-0.3, -0.25) is 4.79 Å². The van der Waals surface area contributed by atoms with Gasteiger partial charge in [-0.1, -0.05) is 0 Å². The molecule has 0 aliphatic rings. The van der Waals surface area contributed by atoms with Crippen LogP contribution in [-0.4, -0.2) is 30.2 Å². The first kappa shape index (κ1) is 14.8. The molecule has 7 heteroatoms. The molecule has 0 aromatic heterocycles. The van der Waals surface area contributed by atoms with E-state index in [1.165, 1.54) is 0 Å². The molecule has 0 unspecified atom stereocenters. The molecule has 0 heterocycles. The molecule has 0 saturated heterocycles. The van der Waals surface area contributed by atoms with E-state index in [1.807, 2.05) is 0 Å². The molecular formula is C5H9N2NaO3S. The van der Waals surface area contributed by atoms with Crippen molar-refractivity contribution in [3.05, 3.63) is 0 Å². The van der Waals surface area contributed by atoms with E-state index in [-0.39, 0.29) is 41.9 Å². The monoisotopic (exact) mass is 200 g/mol.